The molecule has 1 aliphatic rings. The molecule has 1 aliphatic heterocycles. The van der Waals surface area contributed by atoms with E-state index in [1.807, 2.05) is 0 Å². The van der Waals surface area contributed by atoms with Crippen LogP contribution < -0.4 is 19.5 Å². The number of benzene rings is 2. The maximum atomic E-state index is 12.9. The fourth-order valence-electron chi connectivity index (χ4n) is 2.52. The predicted molar refractivity (Wildman–Crippen MR) is 92.4 cm³/mol. The van der Waals surface area contributed by atoms with Crippen LogP contribution in [0.5, 0.6) is 11.5 Å². The summed E-state index contributed by atoms with van der Waals surface area (Å²) in [6.07, 6.45) is 0.402. The summed E-state index contributed by atoms with van der Waals surface area (Å²) in [6, 6.07) is 8.55. The molecule has 0 aromatic heterocycles. The van der Waals surface area contributed by atoms with Gasteiger partial charge in [0.25, 0.3) is 5.91 Å². The molecule has 0 saturated heterocycles. The van der Waals surface area contributed by atoms with E-state index in [1.54, 1.807) is 12.1 Å². The fraction of sp³-hybridized carbons (Fsp3) is 0.235. The molecule has 3 rings (SSSR count). The molecular formula is C17H17FN2O5S. The van der Waals surface area contributed by atoms with Gasteiger partial charge in [-0.05, 0) is 24.1 Å². The van der Waals surface area contributed by atoms with Gasteiger partial charge in [0.2, 0.25) is 10.0 Å². The number of carbonyl (C=O) groups excluding carboxylic acids is 1. The van der Waals surface area contributed by atoms with Crippen LogP contribution >= 0.6 is 0 Å². The minimum absolute atomic E-state index is 0.0869. The average Bonchev–Trinajstić information content (AvgIpc) is 2.62. The second-order valence-corrected chi connectivity index (χ2v) is 7.35. The molecular weight excluding hydrogens is 363 g/mol. The van der Waals surface area contributed by atoms with E-state index in [-0.39, 0.29) is 41.3 Å². The van der Waals surface area contributed by atoms with Crippen molar-refractivity contribution >= 4 is 21.6 Å². The van der Waals surface area contributed by atoms with Crippen LogP contribution in [0.4, 0.5) is 10.1 Å². The van der Waals surface area contributed by atoms with E-state index < -0.39 is 10.0 Å². The van der Waals surface area contributed by atoms with Crippen LogP contribution in [0.1, 0.15) is 5.56 Å². The van der Waals surface area contributed by atoms with Gasteiger partial charge in [0.15, 0.2) is 6.61 Å². The number of amides is 1. The highest BCUT2D eigenvalue weighted by atomic mass is 32.2. The molecule has 9 heteroatoms. The molecule has 0 unspecified atom stereocenters. The van der Waals surface area contributed by atoms with Crippen molar-refractivity contribution in [3.63, 3.8) is 0 Å². The lowest BCUT2D eigenvalue weighted by Crippen LogP contribution is -2.28. The van der Waals surface area contributed by atoms with Gasteiger partial charge in [0.05, 0.1) is 12.8 Å². The van der Waals surface area contributed by atoms with Gasteiger partial charge >= 0.3 is 0 Å². The Morgan fingerprint density at radius 2 is 2.00 bits per heavy atom. The van der Waals surface area contributed by atoms with Crippen LogP contribution in [0.2, 0.25) is 0 Å². The molecule has 0 radical (unpaired) electrons. The van der Waals surface area contributed by atoms with Crippen LogP contribution in [0.25, 0.3) is 0 Å². The van der Waals surface area contributed by atoms with Crippen molar-refractivity contribution < 1.29 is 27.1 Å². The molecule has 7 nitrogen and oxygen atoms in total. The zero-order chi connectivity index (χ0) is 18.7. The normalized spacial score (nSPS) is 13.5. The number of ether oxygens (including phenoxy) is 2. The van der Waals surface area contributed by atoms with Crippen LogP contribution in [-0.4, -0.2) is 34.6 Å². The summed E-state index contributed by atoms with van der Waals surface area (Å²) in [5.41, 5.74) is 1.15. The molecule has 0 spiro atoms. The molecule has 0 aliphatic carbocycles. The Morgan fingerprint density at radius 3 is 2.69 bits per heavy atom. The van der Waals surface area contributed by atoms with E-state index in [4.69, 9.17) is 9.47 Å². The van der Waals surface area contributed by atoms with E-state index in [0.29, 0.717) is 12.1 Å². The molecule has 0 bridgehead atoms. The number of hydrogen-bond donors (Lipinski definition) is 2. The highest BCUT2D eigenvalue weighted by Gasteiger charge is 2.25. The predicted octanol–water partition coefficient (Wildman–Crippen LogP) is 1.69. The van der Waals surface area contributed by atoms with Gasteiger partial charge in [-0.3, -0.25) is 4.79 Å². The Bertz CT molecular complexity index is 929. The van der Waals surface area contributed by atoms with E-state index in [2.05, 4.69) is 10.0 Å². The number of sulfonamides is 1. The molecule has 0 saturated carbocycles. The average molecular weight is 380 g/mol. The molecule has 0 fully saturated rings. The molecule has 0 atom stereocenters. The van der Waals surface area contributed by atoms with Gasteiger partial charge in [0.1, 0.15) is 22.2 Å². The monoisotopic (exact) mass is 380 g/mol. The number of halogens is 1. The summed E-state index contributed by atoms with van der Waals surface area (Å²) in [7, 11) is -2.53. The molecule has 138 valence electrons. The first-order valence-corrected chi connectivity index (χ1v) is 9.26. The van der Waals surface area contributed by atoms with Crippen LogP contribution in [0, 0.1) is 5.82 Å². The Morgan fingerprint density at radius 1 is 1.27 bits per heavy atom. The summed E-state index contributed by atoms with van der Waals surface area (Å²) in [4.78, 5) is 11.3. The molecule has 2 N–H and O–H groups in total. The summed E-state index contributed by atoms with van der Waals surface area (Å²) < 4.78 is 51.0. The van der Waals surface area contributed by atoms with Crippen molar-refractivity contribution in [2.75, 3.05) is 25.6 Å². The topological polar surface area (TPSA) is 93.7 Å². The second kappa shape index (κ2) is 7.30. The Labute approximate surface area is 150 Å². The third-order valence-electron chi connectivity index (χ3n) is 3.81. The SMILES string of the molecule is COc1cc2c(cc1S(=O)(=O)NCCc1ccc(F)cc1)OCC(=O)N2. The highest BCUT2D eigenvalue weighted by Crippen LogP contribution is 2.37. The summed E-state index contributed by atoms with van der Waals surface area (Å²) in [5, 5.41) is 2.59. The van der Waals surface area contributed by atoms with Crippen molar-refractivity contribution in [1.82, 2.24) is 4.72 Å². The smallest absolute Gasteiger partial charge is 0.262 e. The summed E-state index contributed by atoms with van der Waals surface area (Å²) in [5.74, 6) is -0.332. The van der Waals surface area contributed by atoms with Gasteiger partial charge in [0, 0.05) is 18.7 Å². The quantitative estimate of drug-likeness (QED) is 0.795. The first kappa shape index (κ1) is 18.2. The van der Waals surface area contributed by atoms with Crippen molar-refractivity contribution in [3.05, 3.63) is 47.8 Å². The second-order valence-electron chi connectivity index (χ2n) is 5.61. The van der Waals surface area contributed by atoms with Crippen LogP contribution in [-0.2, 0) is 21.2 Å². The lowest BCUT2D eigenvalue weighted by molar-refractivity contribution is -0.118. The molecule has 26 heavy (non-hydrogen) atoms. The zero-order valence-corrected chi connectivity index (χ0v) is 14.7. The van der Waals surface area contributed by atoms with Gasteiger partial charge in [-0.1, -0.05) is 12.1 Å². The third kappa shape index (κ3) is 3.94. The number of nitrogens with one attached hydrogen (secondary N) is 2. The van der Waals surface area contributed by atoms with Crippen LogP contribution in [0.15, 0.2) is 41.3 Å². The summed E-state index contributed by atoms with van der Waals surface area (Å²) in [6.45, 7) is -0.0530. The van der Waals surface area contributed by atoms with Gasteiger partial charge < -0.3 is 14.8 Å². The van der Waals surface area contributed by atoms with E-state index in [1.165, 1.54) is 31.4 Å². The van der Waals surface area contributed by atoms with E-state index in [9.17, 15) is 17.6 Å². The number of rotatable bonds is 6. The first-order valence-electron chi connectivity index (χ1n) is 7.78. The minimum atomic E-state index is -3.87. The van der Waals surface area contributed by atoms with Crippen molar-refractivity contribution in [1.29, 1.82) is 0 Å². The molecule has 2 aromatic rings. The van der Waals surface area contributed by atoms with Gasteiger partial charge in [-0.15, -0.1) is 0 Å². The van der Waals surface area contributed by atoms with Gasteiger partial charge in [-0.2, -0.15) is 0 Å². The maximum absolute atomic E-state index is 12.9. The number of anilines is 1. The maximum Gasteiger partial charge on any atom is 0.262 e. The lowest BCUT2D eigenvalue weighted by Gasteiger charge is -2.20. The highest BCUT2D eigenvalue weighted by molar-refractivity contribution is 7.89. The Balaban J connectivity index is 1.77. The van der Waals surface area contributed by atoms with Crippen molar-refractivity contribution in [2.24, 2.45) is 0 Å². The van der Waals surface area contributed by atoms with Crippen molar-refractivity contribution in [2.45, 2.75) is 11.3 Å². The Kier molecular flexibility index (Phi) is 5.10. The Hall–Kier alpha value is -2.65. The largest absolute Gasteiger partial charge is 0.495 e. The standard InChI is InChI=1S/C17H17FN2O5S/c1-24-15-8-13-14(25-10-17(21)20-13)9-16(15)26(22,23)19-7-6-11-2-4-12(18)5-3-11/h2-5,8-9,19H,6-7,10H2,1H3,(H,20,21). The molecule has 2 aromatic carbocycles. The lowest BCUT2D eigenvalue weighted by atomic mass is 10.1. The molecule has 1 amide bonds. The van der Waals surface area contributed by atoms with E-state index >= 15 is 0 Å². The first-order chi connectivity index (χ1) is 12.4. The fourth-order valence-corrected chi connectivity index (χ4v) is 3.71. The third-order valence-corrected chi connectivity index (χ3v) is 5.29. The van der Waals surface area contributed by atoms with Crippen molar-refractivity contribution in [3.8, 4) is 11.5 Å². The minimum Gasteiger partial charge on any atom is -0.495 e. The number of methoxy groups -OCH3 is 1. The molecule has 1 heterocycles. The number of fused-ring (bicyclic) bond motifs is 1. The van der Waals surface area contributed by atoms with Gasteiger partial charge in [-0.25, -0.2) is 17.5 Å². The van der Waals surface area contributed by atoms with Crippen LogP contribution in [0.3, 0.4) is 0 Å². The number of carbonyl (C=O) groups is 1. The summed E-state index contributed by atoms with van der Waals surface area (Å²) >= 11 is 0. The van der Waals surface area contributed by atoms with E-state index in [0.717, 1.165) is 5.56 Å². The zero-order valence-electron chi connectivity index (χ0n) is 13.9. The number of hydrogen-bond acceptors (Lipinski definition) is 5.